The fourth-order valence-electron chi connectivity index (χ4n) is 2.80. The van der Waals surface area contributed by atoms with Crippen LogP contribution in [0.25, 0.3) is 0 Å². The van der Waals surface area contributed by atoms with Crippen LogP contribution in [0.1, 0.15) is 17.5 Å². The van der Waals surface area contributed by atoms with Crippen LogP contribution in [0.4, 0.5) is 11.5 Å². The van der Waals surface area contributed by atoms with E-state index in [1.165, 1.54) is 0 Å². The van der Waals surface area contributed by atoms with Crippen LogP contribution < -0.4 is 16.0 Å². The summed E-state index contributed by atoms with van der Waals surface area (Å²) in [5.41, 5.74) is 8.63. The van der Waals surface area contributed by atoms with Crippen molar-refractivity contribution in [2.45, 2.75) is 19.4 Å². The van der Waals surface area contributed by atoms with Gasteiger partial charge in [-0.15, -0.1) is 0 Å². The third-order valence-electron chi connectivity index (χ3n) is 4.31. The van der Waals surface area contributed by atoms with E-state index in [0.717, 1.165) is 48.9 Å². The summed E-state index contributed by atoms with van der Waals surface area (Å²) in [5.74, 6) is 0.971. The first-order chi connectivity index (χ1) is 12.2. The van der Waals surface area contributed by atoms with Crippen molar-refractivity contribution in [2.24, 2.45) is 0 Å². The van der Waals surface area contributed by atoms with Gasteiger partial charge < -0.3 is 20.7 Å². The van der Waals surface area contributed by atoms with Crippen molar-refractivity contribution in [1.29, 1.82) is 0 Å². The number of nitrogens with zero attached hydrogens (tertiary/aromatic N) is 2. The number of hydrogen-bond acceptors (Lipinski definition) is 5. The highest BCUT2D eigenvalue weighted by molar-refractivity contribution is 5.76. The van der Waals surface area contributed by atoms with E-state index in [1.54, 1.807) is 0 Å². The van der Waals surface area contributed by atoms with Crippen LogP contribution in [0.5, 0.6) is 0 Å². The van der Waals surface area contributed by atoms with Crippen LogP contribution in [-0.4, -0.2) is 37.2 Å². The summed E-state index contributed by atoms with van der Waals surface area (Å²) in [6, 6.07) is 11.6. The molecule has 0 radical (unpaired) electrons. The van der Waals surface area contributed by atoms with Gasteiger partial charge in [0, 0.05) is 37.9 Å². The zero-order chi connectivity index (χ0) is 17.5. The zero-order valence-electron chi connectivity index (χ0n) is 14.3. The van der Waals surface area contributed by atoms with Gasteiger partial charge in [0.1, 0.15) is 5.82 Å². The predicted molar refractivity (Wildman–Crippen MR) is 98.3 cm³/mol. The van der Waals surface area contributed by atoms with Gasteiger partial charge in [-0.1, -0.05) is 24.3 Å². The van der Waals surface area contributed by atoms with E-state index in [1.807, 2.05) is 42.6 Å². The van der Waals surface area contributed by atoms with Gasteiger partial charge in [0.05, 0.1) is 13.2 Å². The number of nitrogens with one attached hydrogen (secondary N) is 1. The number of amides is 1. The number of carbonyl (C=O) groups is 1. The van der Waals surface area contributed by atoms with E-state index in [0.29, 0.717) is 19.4 Å². The SMILES string of the molecule is Nc1ccccc1CCC(=O)NCc1ccc(N2CCOCC2)nc1. The van der Waals surface area contributed by atoms with Crippen LogP contribution in [-0.2, 0) is 22.5 Å². The van der Waals surface area contributed by atoms with E-state index in [9.17, 15) is 4.79 Å². The van der Waals surface area contributed by atoms with Crippen molar-refractivity contribution >= 4 is 17.4 Å². The van der Waals surface area contributed by atoms with E-state index in [4.69, 9.17) is 10.5 Å². The van der Waals surface area contributed by atoms with Gasteiger partial charge in [-0.05, 0) is 29.7 Å². The highest BCUT2D eigenvalue weighted by Gasteiger charge is 2.12. The maximum absolute atomic E-state index is 12.0. The Bertz CT molecular complexity index is 697. The third-order valence-corrected chi connectivity index (χ3v) is 4.31. The van der Waals surface area contributed by atoms with Crippen molar-refractivity contribution in [3.63, 3.8) is 0 Å². The van der Waals surface area contributed by atoms with E-state index in [2.05, 4.69) is 15.2 Å². The summed E-state index contributed by atoms with van der Waals surface area (Å²) >= 11 is 0. The monoisotopic (exact) mass is 340 g/mol. The van der Waals surface area contributed by atoms with Gasteiger partial charge >= 0.3 is 0 Å². The molecular weight excluding hydrogens is 316 g/mol. The molecule has 1 saturated heterocycles. The minimum atomic E-state index is 0.0144. The number of nitrogen functional groups attached to an aromatic ring is 1. The Balaban J connectivity index is 1.44. The summed E-state index contributed by atoms with van der Waals surface area (Å²) in [5, 5.41) is 2.93. The van der Waals surface area contributed by atoms with Crippen LogP contribution in [0.2, 0.25) is 0 Å². The maximum Gasteiger partial charge on any atom is 0.220 e. The van der Waals surface area contributed by atoms with Crippen molar-refractivity contribution in [3.05, 3.63) is 53.7 Å². The lowest BCUT2D eigenvalue weighted by molar-refractivity contribution is -0.121. The number of benzene rings is 1. The molecule has 0 atom stereocenters. The molecule has 0 saturated carbocycles. The van der Waals surface area contributed by atoms with Gasteiger partial charge in [0.15, 0.2) is 0 Å². The van der Waals surface area contributed by atoms with Crippen molar-refractivity contribution in [3.8, 4) is 0 Å². The smallest absolute Gasteiger partial charge is 0.220 e. The number of pyridine rings is 1. The van der Waals surface area contributed by atoms with Crippen LogP contribution in [0, 0.1) is 0 Å². The maximum atomic E-state index is 12.0. The first kappa shape index (κ1) is 17.2. The molecule has 3 N–H and O–H groups in total. The normalized spacial score (nSPS) is 14.3. The average molecular weight is 340 g/mol. The number of aryl methyl sites for hydroxylation is 1. The Hall–Kier alpha value is -2.60. The Morgan fingerprint density at radius 2 is 2.00 bits per heavy atom. The molecule has 1 fully saturated rings. The number of rotatable bonds is 6. The number of morpholine rings is 1. The molecule has 0 spiro atoms. The third kappa shape index (κ3) is 4.93. The number of carbonyl (C=O) groups excluding carboxylic acids is 1. The van der Waals surface area contributed by atoms with Crippen LogP contribution in [0.3, 0.4) is 0 Å². The summed E-state index contributed by atoms with van der Waals surface area (Å²) in [7, 11) is 0. The fraction of sp³-hybridized carbons (Fsp3) is 0.368. The van der Waals surface area contributed by atoms with Crippen LogP contribution in [0.15, 0.2) is 42.6 Å². The number of nitrogens with two attached hydrogens (primary N) is 1. The quantitative estimate of drug-likeness (QED) is 0.783. The molecule has 1 aromatic carbocycles. The number of ether oxygens (including phenoxy) is 1. The van der Waals surface area contributed by atoms with Gasteiger partial charge in [-0.3, -0.25) is 4.79 Å². The molecule has 1 amide bonds. The molecule has 6 nitrogen and oxygen atoms in total. The lowest BCUT2D eigenvalue weighted by Crippen LogP contribution is -2.36. The molecule has 132 valence electrons. The molecule has 1 aromatic heterocycles. The number of aromatic nitrogens is 1. The molecule has 25 heavy (non-hydrogen) atoms. The predicted octanol–water partition coefficient (Wildman–Crippen LogP) is 1.75. The average Bonchev–Trinajstić information content (AvgIpc) is 2.67. The molecule has 0 aliphatic carbocycles. The summed E-state index contributed by atoms with van der Waals surface area (Å²) in [6.45, 7) is 3.70. The standard InChI is InChI=1S/C19H24N4O2/c20-17-4-2-1-3-16(17)6-8-19(24)22-14-15-5-7-18(21-13-15)23-9-11-25-12-10-23/h1-5,7,13H,6,8-12,14,20H2,(H,22,24). The van der Waals surface area contributed by atoms with Crippen molar-refractivity contribution in [2.75, 3.05) is 36.9 Å². The number of hydrogen-bond donors (Lipinski definition) is 2. The van der Waals surface area contributed by atoms with Crippen molar-refractivity contribution in [1.82, 2.24) is 10.3 Å². The fourth-order valence-corrected chi connectivity index (χ4v) is 2.80. The van der Waals surface area contributed by atoms with Crippen LogP contribution >= 0.6 is 0 Å². The van der Waals surface area contributed by atoms with E-state index in [-0.39, 0.29) is 5.91 Å². The van der Waals surface area contributed by atoms with Gasteiger partial charge in [0.25, 0.3) is 0 Å². The minimum absolute atomic E-state index is 0.0144. The summed E-state index contributed by atoms with van der Waals surface area (Å²) in [4.78, 5) is 18.7. The molecule has 0 unspecified atom stereocenters. The lowest BCUT2D eigenvalue weighted by atomic mass is 10.1. The van der Waals surface area contributed by atoms with Gasteiger partial charge in [-0.2, -0.15) is 0 Å². The first-order valence-corrected chi connectivity index (χ1v) is 8.60. The second kappa shape index (κ2) is 8.48. The highest BCUT2D eigenvalue weighted by Crippen LogP contribution is 2.14. The highest BCUT2D eigenvalue weighted by atomic mass is 16.5. The Morgan fingerprint density at radius 1 is 1.20 bits per heavy atom. The summed E-state index contributed by atoms with van der Waals surface area (Å²) in [6.07, 6.45) is 2.89. The molecule has 2 aromatic rings. The Morgan fingerprint density at radius 3 is 2.72 bits per heavy atom. The molecule has 1 aliphatic rings. The van der Waals surface area contributed by atoms with Crippen molar-refractivity contribution < 1.29 is 9.53 Å². The largest absolute Gasteiger partial charge is 0.399 e. The molecule has 2 heterocycles. The minimum Gasteiger partial charge on any atom is -0.399 e. The second-order valence-corrected chi connectivity index (χ2v) is 6.10. The molecule has 0 bridgehead atoms. The topological polar surface area (TPSA) is 80.5 Å². The molecule has 3 rings (SSSR count). The lowest BCUT2D eigenvalue weighted by Gasteiger charge is -2.27. The van der Waals surface area contributed by atoms with E-state index < -0.39 is 0 Å². The second-order valence-electron chi connectivity index (χ2n) is 6.10. The van der Waals surface area contributed by atoms with Gasteiger partial charge in [0.2, 0.25) is 5.91 Å². The number of para-hydroxylation sites is 1. The molecule has 1 aliphatic heterocycles. The molecule has 6 heteroatoms. The molecular formula is C19H24N4O2. The Labute approximate surface area is 148 Å². The Kier molecular flexibility index (Phi) is 5.85. The first-order valence-electron chi connectivity index (χ1n) is 8.60. The van der Waals surface area contributed by atoms with Gasteiger partial charge in [-0.25, -0.2) is 4.98 Å². The zero-order valence-corrected chi connectivity index (χ0v) is 14.3. The van der Waals surface area contributed by atoms with E-state index >= 15 is 0 Å². The number of anilines is 2. The summed E-state index contributed by atoms with van der Waals surface area (Å²) < 4.78 is 5.35.